The van der Waals surface area contributed by atoms with Gasteiger partial charge < -0.3 is 14.9 Å². The van der Waals surface area contributed by atoms with Gasteiger partial charge in [-0.25, -0.2) is 0 Å². The highest BCUT2D eigenvalue weighted by atomic mass is 16.5. The van der Waals surface area contributed by atoms with Crippen LogP contribution in [0.15, 0.2) is 24.3 Å². The van der Waals surface area contributed by atoms with Crippen molar-refractivity contribution in [3.05, 3.63) is 29.8 Å². The first-order chi connectivity index (χ1) is 11.5. The predicted octanol–water partition coefficient (Wildman–Crippen LogP) is 2.01. The molecule has 2 aliphatic carbocycles. The Morgan fingerprint density at radius 2 is 2.17 bits per heavy atom. The molecule has 1 atom stereocenters. The molecule has 0 heterocycles. The first kappa shape index (κ1) is 17.4. The highest BCUT2D eigenvalue weighted by molar-refractivity contribution is 5.94. The summed E-state index contributed by atoms with van der Waals surface area (Å²) in [5.74, 6) is 0.594. The van der Waals surface area contributed by atoms with Gasteiger partial charge in [0, 0.05) is 23.7 Å². The number of hydrogen-bond donors (Lipinski definition) is 2. The molecule has 5 nitrogen and oxygen atoms in total. The Balaban J connectivity index is 1.55. The number of aliphatic hydroxyl groups is 2. The normalized spacial score (nSPS) is 20.5. The summed E-state index contributed by atoms with van der Waals surface area (Å²) in [5.41, 5.74) is 0.478. The molecule has 2 saturated carbocycles. The lowest BCUT2D eigenvalue weighted by atomic mass is 9.75. The zero-order valence-electron chi connectivity index (χ0n) is 14.3. The Morgan fingerprint density at radius 1 is 1.42 bits per heavy atom. The molecule has 0 unspecified atom stereocenters. The molecule has 24 heavy (non-hydrogen) atoms. The Hall–Kier alpha value is -1.43. The van der Waals surface area contributed by atoms with Crippen LogP contribution < -0.4 is 4.74 Å². The van der Waals surface area contributed by atoms with Crippen molar-refractivity contribution in [1.82, 2.24) is 4.90 Å². The fourth-order valence-corrected chi connectivity index (χ4v) is 3.51. The molecule has 0 amide bonds. The van der Waals surface area contributed by atoms with Gasteiger partial charge in [0.05, 0.1) is 6.61 Å². The number of nitrogens with zero attached hydrogens (tertiary/aromatic N) is 1. The minimum Gasteiger partial charge on any atom is -0.491 e. The number of benzene rings is 1. The highest BCUT2D eigenvalue weighted by Crippen LogP contribution is 2.43. The van der Waals surface area contributed by atoms with E-state index >= 15 is 0 Å². The van der Waals surface area contributed by atoms with E-state index in [9.17, 15) is 15.0 Å². The maximum Gasteiger partial charge on any atom is 0.159 e. The second-order valence-electron chi connectivity index (χ2n) is 7.17. The molecule has 1 aromatic rings. The number of carbonyl (C=O) groups is 1. The molecule has 3 rings (SSSR count). The Kier molecular flexibility index (Phi) is 5.23. The van der Waals surface area contributed by atoms with Gasteiger partial charge in [0.2, 0.25) is 0 Å². The molecular weight excluding hydrogens is 306 g/mol. The summed E-state index contributed by atoms with van der Waals surface area (Å²) in [5, 5.41) is 20.2. The van der Waals surface area contributed by atoms with Crippen molar-refractivity contribution in [2.75, 3.05) is 19.8 Å². The molecule has 0 bridgehead atoms. The van der Waals surface area contributed by atoms with Crippen molar-refractivity contribution in [2.24, 2.45) is 0 Å². The second kappa shape index (κ2) is 7.21. The number of Topliss-reactive ketones (excluding diaryl/α,β-unsaturated/α-hetero) is 1. The van der Waals surface area contributed by atoms with Crippen molar-refractivity contribution in [1.29, 1.82) is 0 Å². The van der Waals surface area contributed by atoms with Crippen molar-refractivity contribution in [3.63, 3.8) is 0 Å². The van der Waals surface area contributed by atoms with E-state index in [-0.39, 0.29) is 24.5 Å². The molecule has 2 fully saturated rings. The van der Waals surface area contributed by atoms with Crippen molar-refractivity contribution >= 4 is 5.78 Å². The molecule has 0 aromatic heterocycles. The van der Waals surface area contributed by atoms with E-state index < -0.39 is 6.10 Å². The molecule has 0 spiro atoms. The van der Waals surface area contributed by atoms with Crippen LogP contribution in [0.4, 0.5) is 0 Å². The van der Waals surface area contributed by atoms with Crippen molar-refractivity contribution in [3.8, 4) is 5.75 Å². The third-order valence-electron chi connectivity index (χ3n) is 5.27. The summed E-state index contributed by atoms with van der Waals surface area (Å²) in [7, 11) is 0. The van der Waals surface area contributed by atoms with E-state index in [0.29, 0.717) is 23.9 Å². The van der Waals surface area contributed by atoms with Crippen LogP contribution in [0.25, 0.3) is 0 Å². The maximum atomic E-state index is 11.4. The zero-order valence-corrected chi connectivity index (χ0v) is 14.3. The van der Waals surface area contributed by atoms with Gasteiger partial charge in [-0.2, -0.15) is 0 Å². The molecule has 1 aromatic carbocycles. The average Bonchev–Trinajstić information content (AvgIpc) is 3.36. The zero-order chi connectivity index (χ0) is 17.2. The summed E-state index contributed by atoms with van der Waals surface area (Å²) in [6, 6.07) is 7.52. The lowest BCUT2D eigenvalue weighted by molar-refractivity contribution is -0.0603. The molecule has 2 aliphatic rings. The number of hydrogen-bond acceptors (Lipinski definition) is 5. The minimum absolute atomic E-state index is 0.00391. The number of carbonyl (C=O) groups excluding carboxylic acids is 1. The van der Waals surface area contributed by atoms with E-state index in [0.717, 1.165) is 32.1 Å². The fourth-order valence-electron chi connectivity index (χ4n) is 3.51. The molecule has 5 heteroatoms. The van der Waals surface area contributed by atoms with Crippen LogP contribution in [-0.2, 0) is 0 Å². The second-order valence-corrected chi connectivity index (χ2v) is 7.17. The largest absolute Gasteiger partial charge is 0.491 e. The summed E-state index contributed by atoms with van der Waals surface area (Å²) in [4.78, 5) is 13.7. The van der Waals surface area contributed by atoms with Crippen LogP contribution in [0, 0.1) is 0 Å². The van der Waals surface area contributed by atoms with E-state index in [1.54, 1.807) is 24.3 Å². The van der Waals surface area contributed by atoms with Crippen LogP contribution in [0.5, 0.6) is 5.75 Å². The molecule has 0 saturated heterocycles. The summed E-state index contributed by atoms with van der Waals surface area (Å²) in [6.07, 6.45) is 4.85. The summed E-state index contributed by atoms with van der Waals surface area (Å²) < 4.78 is 5.67. The Bertz CT molecular complexity index is 575. The SMILES string of the molecule is CC(=O)c1cccc(OC[C@H](O)CN(C2CC2)C2(CO)CCC2)c1. The number of rotatable bonds is 9. The molecule has 0 radical (unpaired) electrons. The lowest BCUT2D eigenvalue weighted by Gasteiger charge is -2.50. The van der Waals surface area contributed by atoms with Gasteiger partial charge in [0.15, 0.2) is 5.78 Å². The van der Waals surface area contributed by atoms with Crippen LogP contribution in [-0.4, -0.2) is 58.3 Å². The summed E-state index contributed by atoms with van der Waals surface area (Å²) >= 11 is 0. The number of ketones is 1. The van der Waals surface area contributed by atoms with Gasteiger partial charge in [-0.1, -0.05) is 12.1 Å². The highest BCUT2D eigenvalue weighted by Gasteiger charge is 2.48. The minimum atomic E-state index is -0.615. The van der Waals surface area contributed by atoms with Crippen LogP contribution in [0.2, 0.25) is 0 Å². The van der Waals surface area contributed by atoms with Gasteiger partial charge in [-0.05, 0) is 51.2 Å². The first-order valence-electron chi connectivity index (χ1n) is 8.83. The number of β-amino-alcohol motifs (C(OH)–C–C–N with tert-alkyl or cyclic N) is 1. The van der Waals surface area contributed by atoms with Crippen molar-refractivity contribution in [2.45, 2.75) is 56.7 Å². The van der Waals surface area contributed by atoms with Gasteiger partial charge in [-0.15, -0.1) is 0 Å². The van der Waals surface area contributed by atoms with Gasteiger partial charge in [-0.3, -0.25) is 9.69 Å². The molecular formula is C19H27NO4. The van der Waals surface area contributed by atoms with E-state index in [2.05, 4.69) is 4.90 Å². The van der Waals surface area contributed by atoms with E-state index in [1.165, 1.54) is 6.92 Å². The smallest absolute Gasteiger partial charge is 0.159 e. The molecule has 0 aliphatic heterocycles. The van der Waals surface area contributed by atoms with Crippen LogP contribution in [0.3, 0.4) is 0 Å². The van der Waals surface area contributed by atoms with Crippen LogP contribution >= 0.6 is 0 Å². The average molecular weight is 333 g/mol. The third-order valence-corrected chi connectivity index (χ3v) is 5.27. The number of aliphatic hydroxyl groups excluding tert-OH is 2. The summed E-state index contributed by atoms with van der Waals surface area (Å²) in [6.45, 7) is 2.40. The van der Waals surface area contributed by atoms with Gasteiger partial charge in [0.1, 0.15) is 18.5 Å². The quantitative estimate of drug-likeness (QED) is 0.677. The number of ether oxygens (including phenoxy) is 1. The topological polar surface area (TPSA) is 70.0 Å². The van der Waals surface area contributed by atoms with Crippen molar-refractivity contribution < 1.29 is 19.7 Å². The predicted molar refractivity (Wildman–Crippen MR) is 91.3 cm³/mol. The lowest BCUT2D eigenvalue weighted by Crippen LogP contribution is -2.59. The molecule has 2 N–H and O–H groups in total. The Morgan fingerprint density at radius 3 is 2.71 bits per heavy atom. The monoisotopic (exact) mass is 333 g/mol. The van der Waals surface area contributed by atoms with E-state index in [1.807, 2.05) is 0 Å². The fraction of sp³-hybridized carbons (Fsp3) is 0.632. The molecule has 132 valence electrons. The van der Waals surface area contributed by atoms with Gasteiger partial charge >= 0.3 is 0 Å². The van der Waals surface area contributed by atoms with E-state index in [4.69, 9.17) is 4.74 Å². The maximum absolute atomic E-state index is 11.4. The third kappa shape index (κ3) is 3.79. The first-order valence-corrected chi connectivity index (χ1v) is 8.83. The van der Waals surface area contributed by atoms with Gasteiger partial charge in [0.25, 0.3) is 0 Å². The van der Waals surface area contributed by atoms with Crippen LogP contribution in [0.1, 0.15) is 49.4 Å². The Labute approximate surface area is 143 Å². The standard InChI is InChI=1S/C19H27NO4/c1-14(22)15-4-2-5-18(10-15)24-12-17(23)11-20(16-6-7-16)19(13-21)8-3-9-19/h2,4-5,10,16-17,21,23H,3,6-9,11-13H2,1H3/t17-/m1/s1.